The smallest absolute Gasteiger partial charge is 0.251 e. The van der Waals surface area contributed by atoms with Gasteiger partial charge in [0.1, 0.15) is 5.75 Å². The second-order valence-electron chi connectivity index (χ2n) is 3.99. The molecular weight excluding hydrogens is 230 g/mol. The third kappa shape index (κ3) is 4.37. The van der Waals surface area contributed by atoms with E-state index in [1.807, 2.05) is 26.0 Å². The summed E-state index contributed by atoms with van der Waals surface area (Å²) in [6.07, 6.45) is 0.828. The van der Waals surface area contributed by atoms with E-state index >= 15 is 0 Å². The van der Waals surface area contributed by atoms with Crippen molar-refractivity contribution in [3.8, 4) is 5.75 Å². The molecule has 0 bridgehead atoms. The van der Waals surface area contributed by atoms with Gasteiger partial charge in [0.05, 0.1) is 7.11 Å². The molecule has 0 heterocycles. The van der Waals surface area contributed by atoms with E-state index in [4.69, 9.17) is 9.47 Å². The average molecular weight is 251 g/mol. The van der Waals surface area contributed by atoms with Crippen molar-refractivity contribution < 1.29 is 14.3 Å². The highest BCUT2D eigenvalue weighted by molar-refractivity contribution is 5.94. The number of carbonyl (C=O) groups excluding carboxylic acids is 1. The van der Waals surface area contributed by atoms with Crippen molar-refractivity contribution in [3.05, 3.63) is 29.3 Å². The molecule has 0 unspecified atom stereocenters. The van der Waals surface area contributed by atoms with E-state index in [-0.39, 0.29) is 5.91 Å². The molecule has 0 spiro atoms. The lowest BCUT2D eigenvalue weighted by molar-refractivity contribution is 0.0944. The Balaban J connectivity index is 2.44. The first-order valence-electron chi connectivity index (χ1n) is 6.19. The predicted molar refractivity (Wildman–Crippen MR) is 71.2 cm³/mol. The van der Waals surface area contributed by atoms with Gasteiger partial charge in [-0.25, -0.2) is 0 Å². The molecule has 0 fully saturated rings. The first-order valence-corrected chi connectivity index (χ1v) is 6.19. The summed E-state index contributed by atoms with van der Waals surface area (Å²) in [6.45, 7) is 5.90. The Morgan fingerprint density at radius 1 is 1.39 bits per heavy atom. The molecule has 1 aromatic carbocycles. The van der Waals surface area contributed by atoms with Crippen molar-refractivity contribution in [2.45, 2.75) is 20.3 Å². The Kier molecular flexibility index (Phi) is 6.22. The largest absolute Gasteiger partial charge is 0.496 e. The quantitative estimate of drug-likeness (QED) is 0.755. The summed E-state index contributed by atoms with van der Waals surface area (Å²) in [7, 11) is 1.62. The zero-order valence-corrected chi connectivity index (χ0v) is 11.3. The average Bonchev–Trinajstić information content (AvgIpc) is 2.38. The van der Waals surface area contributed by atoms with Gasteiger partial charge in [-0.3, -0.25) is 4.79 Å². The van der Waals surface area contributed by atoms with Crippen LogP contribution in [0.5, 0.6) is 5.75 Å². The van der Waals surface area contributed by atoms with Gasteiger partial charge >= 0.3 is 0 Å². The summed E-state index contributed by atoms with van der Waals surface area (Å²) in [4.78, 5) is 11.8. The van der Waals surface area contributed by atoms with E-state index in [9.17, 15) is 4.79 Å². The van der Waals surface area contributed by atoms with E-state index in [2.05, 4.69) is 5.32 Å². The maximum atomic E-state index is 11.8. The van der Waals surface area contributed by atoms with Crippen molar-refractivity contribution in [2.24, 2.45) is 0 Å². The van der Waals surface area contributed by atoms with E-state index < -0.39 is 0 Å². The zero-order chi connectivity index (χ0) is 13.4. The van der Waals surface area contributed by atoms with Gasteiger partial charge in [-0.15, -0.1) is 0 Å². The molecule has 4 heteroatoms. The van der Waals surface area contributed by atoms with Gasteiger partial charge in [-0.2, -0.15) is 0 Å². The van der Waals surface area contributed by atoms with Gasteiger partial charge in [0.15, 0.2) is 0 Å². The number of methoxy groups -OCH3 is 1. The van der Waals surface area contributed by atoms with Gasteiger partial charge in [0.2, 0.25) is 0 Å². The van der Waals surface area contributed by atoms with Gasteiger partial charge in [-0.1, -0.05) is 0 Å². The van der Waals surface area contributed by atoms with Crippen LogP contribution in [0.3, 0.4) is 0 Å². The van der Waals surface area contributed by atoms with Crippen molar-refractivity contribution in [2.75, 3.05) is 26.9 Å². The second kappa shape index (κ2) is 7.71. The van der Waals surface area contributed by atoms with Gasteiger partial charge < -0.3 is 14.8 Å². The predicted octanol–water partition coefficient (Wildman–Crippen LogP) is 2.16. The minimum atomic E-state index is -0.0581. The third-order valence-corrected chi connectivity index (χ3v) is 2.61. The summed E-state index contributed by atoms with van der Waals surface area (Å²) in [5.74, 6) is 0.736. The fourth-order valence-corrected chi connectivity index (χ4v) is 1.64. The van der Waals surface area contributed by atoms with Crippen LogP contribution in [0.25, 0.3) is 0 Å². The molecule has 0 aliphatic rings. The molecule has 100 valence electrons. The normalized spacial score (nSPS) is 10.2. The Morgan fingerprint density at radius 2 is 2.17 bits per heavy atom. The van der Waals surface area contributed by atoms with E-state index in [1.165, 1.54) is 0 Å². The van der Waals surface area contributed by atoms with Crippen LogP contribution < -0.4 is 10.1 Å². The monoisotopic (exact) mass is 251 g/mol. The van der Waals surface area contributed by atoms with Gasteiger partial charge in [-0.05, 0) is 44.0 Å². The number of nitrogens with one attached hydrogen (secondary N) is 1. The number of aryl methyl sites for hydroxylation is 1. The van der Waals surface area contributed by atoms with E-state index in [0.29, 0.717) is 25.3 Å². The Labute approximate surface area is 108 Å². The molecule has 0 radical (unpaired) electrons. The minimum Gasteiger partial charge on any atom is -0.496 e. The summed E-state index contributed by atoms with van der Waals surface area (Å²) in [5.41, 5.74) is 1.61. The molecule has 18 heavy (non-hydrogen) atoms. The Hall–Kier alpha value is -1.55. The Morgan fingerprint density at radius 3 is 2.78 bits per heavy atom. The zero-order valence-electron chi connectivity index (χ0n) is 11.3. The summed E-state index contributed by atoms with van der Waals surface area (Å²) >= 11 is 0. The molecule has 1 N–H and O–H groups in total. The summed E-state index contributed by atoms with van der Waals surface area (Å²) < 4.78 is 10.4. The van der Waals surface area contributed by atoms with Crippen LogP contribution in [0.2, 0.25) is 0 Å². The van der Waals surface area contributed by atoms with Crippen LogP contribution in [0.1, 0.15) is 29.3 Å². The van der Waals surface area contributed by atoms with E-state index in [1.54, 1.807) is 13.2 Å². The van der Waals surface area contributed by atoms with Gasteiger partial charge in [0, 0.05) is 25.3 Å². The van der Waals surface area contributed by atoms with Crippen molar-refractivity contribution in [3.63, 3.8) is 0 Å². The maximum absolute atomic E-state index is 11.8. The molecular formula is C14H21NO3. The number of benzene rings is 1. The molecule has 0 saturated heterocycles. The molecule has 0 saturated carbocycles. The van der Waals surface area contributed by atoms with Crippen molar-refractivity contribution in [1.82, 2.24) is 5.32 Å². The molecule has 1 rings (SSSR count). The lowest BCUT2D eigenvalue weighted by atomic mass is 10.1. The van der Waals surface area contributed by atoms with Gasteiger partial charge in [0.25, 0.3) is 5.91 Å². The lowest BCUT2D eigenvalue weighted by Gasteiger charge is -2.08. The maximum Gasteiger partial charge on any atom is 0.251 e. The third-order valence-electron chi connectivity index (χ3n) is 2.61. The number of amides is 1. The first kappa shape index (κ1) is 14.5. The highest BCUT2D eigenvalue weighted by atomic mass is 16.5. The standard InChI is InChI=1S/C14H21NO3/c1-4-18-9-5-8-15-14(16)12-6-7-13(17-3)11(2)10-12/h6-7,10H,4-5,8-9H2,1-3H3,(H,15,16). The molecule has 4 nitrogen and oxygen atoms in total. The number of ether oxygens (including phenoxy) is 2. The molecule has 0 aromatic heterocycles. The highest BCUT2D eigenvalue weighted by Gasteiger charge is 2.07. The fourth-order valence-electron chi connectivity index (χ4n) is 1.64. The molecule has 1 aromatic rings. The van der Waals surface area contributed by atoms with Crippen LogP contribution in [0, 0.1) is 6.92 Å². The topological polar surface area (TPSA) is 47.6 Å². The Bertz CT molecular complexity index is 391. The molecule has 0 aliphatic carbocycles. The number of carbonyl (C=O) groups is 1. The lowest BCUT2D eigenvalue weighted by Crippen LogP contribution is -2.25. The van der Waals surface area contributed by atoms with Crippen molar-refractivity contribution >= 4 is 5.91 Å². The fraction of sp³-hybridized carbons (Fsp3) is 0.500. The van der Waals surface area contributed by atoms with Crippen LogP contribution in [0.4, 0.5) is 0 Å². The van der Waals surface area contributed by atoms with Crippen LogP contribution in [-0.2, 0) is 4.74 Å². The molecule has 0 atom stereocenters. The minimum absolute atomic E-state index is 0.0581. The van der Waals surface area contributed by atoms with Crippen LogP contribution >= 0.6 is 0 Å². The molecule has 0 aliphatic heterocycles. The first-order chi connectivity index (χ1) is 8.69. The second-order valence-corrected chi connectivity index (χ2v) is 3.99. The SMILES string of the molecule is CCOCCCNC(=O)c1ccc(OC)c(C)c1. The number of rotatable bonds is 7. The molecule has 1 amide bonds. The van der Waals surface area contributed by atoms with Crippen molar-refractivity contribution in [1.29, 1.82) is 0 Å². The number of hydrogen-bond acceptors (Lipinski definition) is 3. The van der Waals surface area contributed by atoms with E-state index in [0.717, 1.165) is 17.7 Å². The van der Waals surface area contributed by atoms with Crippen LogP contribution in [-0.4, -0.2) is 32.8 Å². The summed E-state index contributed by atoms with van der Waals surface area (Å²) in [5, 5.41) is 2.86. The number of hydrogen-bond donors (Lipinski definition) is 1. The van der Waals surface area contributed by atoms with Crippen LogP contribution in [0.15, 0.2) is 18.2 Å². The highest BCUT2D eigenvalue weighted by Crippen LogP contribution is 2.18. The summed E-state index contributed by atoms with van der Waals surface area (Å²) in [6, 6.07) is 5.41.